The molecule has 1 unspecified atom stereocenters. The number of hydrogen-bond donors (Lipinski definition) is 0. The van der Waals surface area contributed by atoms with Crippen LogP contribution in [0.25, 0.3) is 0 Å². The lowest BCUT2D eigenvalue weighted by Gasteiger charge is -2.11. The van der Waals surface area contributed by atoms with Crippen molar-refractivity contribution in [1.29, 1.82) is 0 Å². The van der Waals surface area contributed by atoms with Gasteiger partial charge in [0.05, 0.1) is 11.0 Å². The van der Waals surface area contributed by atoms with Crippen LogP contribution in [-0.2, 0) is 16.3 Å². The van der Waals surface area contributed by atoms with E-state index >= 15 is 0 Å². The molecule has 0 aromatic heterocycles. The second-order valence-corrected chi connectivity index (χ2v) is 6.40. The summed E-state index contributed by atoms with van der Waals surface area (Å²) in [5, 5.41) is -0.242. The molecule has 1 aromatic rings. The second-order valence-electron chi connectivity index (χ2n) is 4.09. The van der Waals surface area contributed by atoms with Crippen LogP contribution in [0.2, 0.25) is 0 Å². The van der Waals surface area contributed by atoms with Gasteiger partial charge in [-0.15, -0.1) is 0 Å². The molecule has 0 aliphatic heterocycles. The molecule has 0 spiro atoms. The summed E-state index contributed by atoms with van der Waals surface area (Å²) in [5.74, 6) is 0.312. The molecule has 0 amide bonds. The van der Waals surface area contributed by atoms with E-state index in [1.165, 1.54) is 5.56 Å². The van der Waals surface area contributed by atoms with E-state index in [1.807, 2.05) is 31.2 Å². The Morgan fingerprint density at radius 3 is 2.80 bits per heavy atom. The van der Waals surface area contributed by atoms with Gasteiger partial charge in [0.1, 0.15) is 0 Å². The predicted molar refractivity (Wildman–Crippen MR) is 61.6 cm³/mol. The molecule has 0 saturated carbocycles. The molecule has 1 atom stereocenters. The molecule has 0 N–H and O–H groups in total. The lowest BCUT2D eigenvalue weighted by atomic mass is 10.1. The monoisotopic (exact) mass is 224 g/mol. The fourth-order valence-corrected chi connectivity index (χ4v) is 4.27. The number of aryl methyl sites for hydroxylation is 1. The van der Waals surface area contributed by atoms with Crippen LogP contribution in [0.15, 0.2) is 24.3 Å². The van der Waals surface area contributed by atoms with Crippen LogP contribution in [0.1, 0.15) is 36.1 Å². The number of fused-ring (bicyclic) bond motifs is 1. The van der Waals surface area contributed by atoms with Crippen molar-refractivity contribution in [3.05, 3.63) is 35.4 Å². The van der Waals surface area contributed by atoms with Crippen molar-refractivity contribution in [3.63, 3.8) is 0 Å². The molecule has 82 valence electrons. The Kier molecular flexibility index (Phi) is 2.83. The highest BCUT2D eigenvalue weighted by atomic mass is 32.2. The first-order valence-corrected chi connectivity index (χ1v) is 7.16. The first-order valence-electron chi connectivity index (χ1n) is 5.44. The Hall–Kier alpha value is -0.830. The number of rotatable bonds is 3. The van der Waals surface area contributed by atoms with Crippen molar-refractivity contribution >= 4 is 9.84 Å². The van der Waals surface area contributed by atoms with E-state index in [4.69, 9.17) is 0 Å². The van der Waals surface area contributed by atoms with Crippen molar-refractivity contribution in [2.45, 2.75) is 31.4 Å². The summed E-state index contributed by atoms with van der Waals surface area (Å²) in [6.45, 7) is 1.92. The van der Waals surface area contributed by atoms with Crippen LogP contribution < -0.4 is 0 Å². The van der Waals surface area contributed by atoms with E-state index in [1.54, 1.807) is 0 Å². The molecule has 2 nitrogen and oxygen atoms in total. The third-order valence-electron chi connectivity index (χ3n) is 3.00. The van der Waals surface area contributed by atoms with Crippen LogP contribution in [0.5, 0.6) is 0 Å². The zero-order valence-electron chi connectivity index (χ0n) is 8.94. The lowest BCUT2D eigenvalue weighted by molar-refractivity contribution is 0.579. The molecule has 2 rings (SSSR count). The van der Waals surface area contributed by atoms with Crippen molar-refractivity contribution in [2.24, 2.45) is 0 Å². The smallest absolute Gasteiger partial charge is 0.157 e. The molecule has 0 radical (unpaired) electrons. The van der Waals surface area contributed by atoms with Gasteiger partial charge in [-0.3, -0.25) is 0 Å². The largest absolute Gasteiger partial charge is 0.228 e. The maximum atomic E-state index is 12.0. The molecule has 3 heteroatoms. The van der Waals surface area contributed by atoms with Gasteiger partial charge in [-0.25, -0.2) is 8.42 Å². The van der Waals surface area contributed by atoms with Crippen LogP contribution in [0, 0.1) is 0 Å². The fraction of sp³-hybridized carbons (Fsp3) is 0.500. The molecule has 0 fully saturated rings. The first-order chi connectivity index (χ1) is 7.15. The summed E-state index contributed by atoms with van der Waals surface area (Å²) in [7, 11) is -2.92. The van der Waals surface area contributed by atoms with Crippen LogP contribution in [0.3, 0.4) is 0 Å². The Balaban J connectivity index is 2.36. The summed E-state index contributed by atoms with van der Waals surface area (Å²) in [5.41, 5.74) is 2.24. The molecule has 1 aliphatic carbocycles. The van der Waals surface area contributed by atoms with Gasteiger partial charge in [0.25, 0.3) is 0 Å². The quantitative estimate of drug-likeness (QED) is 0.790. The molecule has 15 heavy (non-hydrogen) atoms. The summed E-state index contributed by atoms with van der Waals surface area (Å²) in [4.78, 5) is 0. The number of sulfone groups is 1. The summed E-state index contributed by atoms with van der Waals surface area (Å²) in [6, 6.07) is 7.91. The normalized spacial score (nSPS) is 20.2. The molecule has 0 saturated heterocycles. The van der Waals surface area contributed by atoms with E-state index in [0.29, 0.717) is 12.2 Å². The highest BCUT2D eigenvalue weighted by Gasteiger charge is 2.32. The zero-order chi connectivity index (χ0) is 10.9. The molecule has 1 aromatic carbocycles. The van der Waals surface area contributed by atoms with Crippen molar-refractivity contribution in [2.75, 3.05) is 5.75 Å². The van der Waals surface area contributed by atoms with E-state index in [0.717, 1.165) is 18.4 Å². The molecule has 1 aliphatic rings. The van der Waals surface area contributed by atoms with E-state index in [9.17, 15) is 8.42 Å². The van der Waals surface area contributed by atoms with Gasteiger partial charge in [-0.1, -0.05) is 31.2 Å². The van der Waals surface area contributed by atoms with Crippen molar-refractivity contribution in [1.82, 2.24) is 0 Å². The van der Waals surface area contributed by atoms with Gasteiger partial charge in [0.2, 0.25) is 0 Å². The van der Waals surface area contributed by atoms with Gasteiger partial charge in [-0.05, 0) is 30.4 Å². The minimum atomic E-state index is -2.92. The Bertz CT molecular complexity index is 448. The molecule has 0 heterocycles. The number of hydrogen-bond acceptors (Lipinski definition) is 2. The predicted octanol–water partition coefficient (Wildman–Crippen LogP) is 2.50. The van der Waals surface area contributed by atoms with Gasteiger partial charge in [0.15, 0.2) is 9.84 Å². The lowest BCUT2D eigenvalue weighted by Crippen LogP contribution is -2.14. The Labute approximate surface area is 91.2 Å². The SMILES string of the molecule is CCCS(=O)(=O)C1CCc2ccccc21. The minimum Gasteiger partial charge on any atom is -0.228 e. The fourth-order valence-electron chi connectivity index (χ4n) is 2.32. The highest BCUT2D eigenvalue weighted by molar-refractivity contribution is 7.91. The van der Waals surface area contributed by atoms with E-state index < -0.39 is 9.84 Å². The summed E-state index contributed by atoms with van der Waals surface area (Å²) >= 11 is 0. The van der Waals surface area contributed by atoms with E-state index in [2.05, 4.69) is 0 Å². The minimum absolute atomic E-state index is 0.242. The number of benzene rings is 1. The Morgan fingerprint density at radius 1 is 1.33 bits per heavy atom. The average Bonchev–Trinajstić information content (AvgIpc) is 2.61. The standard InChI is InChI=1S/C12H16O2S/c1-2-9-15(13,14)12-8-7-10-5-3-4-6-11(10)12/h3-6,12H,2,7-9H2,1H3. The van der Waals surface area contributed by atoms with Crippen molar-refractivity contribution in [3.8, 4) is 0 Å². The molecular weight excluding hydrogens is 208 g/mol. The summed E-state index contributed by atoms with van der Waals surface area (Å²) < 4.78 is 24.0. The molecular formula is C12H16O2S. The van der Waals surface area contributed by atoms with Gasteiger partial charge < -0.3 is 0 Å². The highest BCUT2D eigenvalue weighted by Crippen LogP contribution is 2.37. The third-order valence-corrected chi connectivity index (χ3v) is 5.33. The van der Waals surface area contributed by atoms with Gasteiger partial charge in [-0.2, -0.15) is 0 Å². The average molecular weight is 224 g/mol. The zero-order valence-corrected chi connectivity index (χ0v) is 9.76. The second kappa shape index (κ2) is 3.97. The van der Waals surface area contributed by atoms with E-state index in [-0.39, 0.29) is 5.25 Å². The van der Waals surface area contributed by atoms with Crippen molar-refractivity contribution < 1.29 is 8.42 Å². The topological polar surface area (TPSA) is 34.1 Å². The maximum absolute atomic E-state index is 12.0. The van der Waals surface area contributed by atoms with Crippen LogP contribution in [0.4, 0.5) is 0 Å². The maximum Gasteiger partial charge on any atom is 0.157 e. The van der Waals surface area contributed by atoms with Gasteiger partial charge >= 0.3 is 0 Å². The molecule has 0 bridgehead atoms. The summed E-state index contributed by atoms with van der Waals surface area (Å²) in [6.07, 6.45) is 2.38. The van der Waals surface area contributed by atoms with Crippen LogP contribution >= 0.6 is 0 Å². The third kappa shape index (κ3) is 1.93. The first kappa shape index (κ1) is 10.7. The van der Waals surface area contributed by atoms with Crippen LogP contribution in [-0.4, -0.2) is 14.2 Å². The Morgan fingerprint density at radius 2 is 2.07 bits per heavy atom. The van der Waals surface area contributed by atoms with Gasteiger partial charge in [0, 0.05) is 0 Å².